The third-order valence-corrected chi connectivity index (χ3v) is 11.7. The molecule has 3 aliphatic heterocycles. The van der Waals surface area contributed by atoms with Crippen LogP contribution in [-0.2, 0) is 20.6 Å². The standard InChI is InChI=1S/C42H38F4N6O7S/c1-41(2)39(58)51(24-6-5-23(22-47)31(19-24)42(44,45)46)40(60)52(41)25-7-9-28(32(43)20-25)38(57)50-16-14-49(15-17-50)13-3-4-18-59-26-8-10-27-30(21-26)36(55)34(35(27)54)29-11-12-33(53)48-37(29)56/h5-10,19-21,29,34H,3-4,11-18H2,1-2H3,(H,48,53,56). The van der Waals surface area contributed by atoms with Crippen LogP contribution < -0.4 is 19.9 Å². The van der Waals surface area contributed by atoms with Gasteiger partial charge in [0.1, 0.15) is 17.1 Å². The fraction of sp³-hybridized carbons (Fsp3) is 0.381. The van der Waals surface area contributed by atoms with Crippen molar-refractivity contribution in [2.75, 3.05) is 49.1 Å². The molecule has 312 valence electrons. The van der Waals surface area contributed by atoms with Gasteiger partial charge in [0.15, 0.2) is 16.7 Å². The van der Waals surface area contributed by atoms with Crippen LogP contribution in [0, 0.1) is 29.0 Å². The first-order chi connectivity index (χ1) is 28.4. The second-order valence-electron chi connectivity index (χ2n) is 15.5. The topological polar surface area (TPSA) is 160 Å². The van der Waals surface area contributed by atoms with E-state index in [0.717, 1.165) is 23.5 Å². The zero-order chi connectivity index (χ0) is 43.3. The zero-order valence-corrected chi connectivity index (χ0v) is 33.3. The Morgan fingerprint density at radius 2 is 1.63 bits per heavy atom. The van der Waals surface area contributed by atoms with Gasteiger partial charge in [0, 0.05) is 49.4 Å². The summed E-state index contributed by atoms with van der Waals surface area (Å²) in [7, 11) is 0. The van der Waals surface area contributed by atoms with E-state index in [0.29, 0.717) is 57.6 Å². The fourth-order valence-corrected chi connectivity index (χ4v) is 8.65. The van der Waals surface area contributed by atoms with E-state index >= 15 is 4.39 Å². The number of ketones is 2. The second kappa shape index (κ2) is 16.2. The Hall–Kier alpha value is -6.06. The van der Waals surface area contributed by atoms with Gasteiger partial charge >= 0.3 is 6.18 Å². The minimum atomic E-state index is -4.87. The molecule has 0 spiro atoms. The highest BCUT2D eigenvalue weighted by Crippen LogP contribution is 2.41. The van der Waals surface area contributed by atoms with Crippen molar-refractivity contribution in [1.82, 2.24) is 15.1 Å². The van der Waals surface area contributed by atoms with E-state index in [-0.39, 0.29) is 46.0 Å². The largest absolute Gasteiger partial charge is 0.494 e. The first-order valence-electron chi connectivity index (χ1n) is 19.2. The number of benzene rings is 3. The van der Waals surface area contributed by atoms with E-state index in [1.54, 1.807) is 11.0 Å². The van der Waals surface area contributed by atoms with Crippen LogP contribution in [0.25, 0.3) is 0 Å². The summed E-state index contributed by atoms with van der Waals surface area (Å²) in [5.41, 5.74) is -3.14. The molecule has 0 radical (unpaired) electrons. The zero-order valence-electron chi connectivity index (χ0n) is 32.4. The molecule has 3 aromatic rings. The van der Waals surface area contributed by atoms with Crippen LogP contribution in [0.2, 0.25) is 0 Å². The van der Waals surface area contributed by atoms with Crippen molar-refractivity contribution in [3.63, 3.8) is 0 Å². The Morgan fingerprint density at radius 1 is 0.933 bits per heavy atom. The first kappa shape index (κ1) is 42.1. The molecule has 2 unspecified atom stereocenters. The molecule has 0 aromatic heterocycles. The van der Waals surface area contributed by atoms with Crippen molar-refractivity contribution >= 4 is 63.9 Å². The maximum atomic E-state index is 15.7. The van der Waals surface area contributed by atoms with Crippen LogP contribution in [0.3, 0.4) is 0 Å². The average Bonchev–Trinajstić information content (AvgIpc) is 3.55. The molecule has 1 aliphatic carbocycles. The molecule has 3 aromatic carbocycles. The number of imide groups is 1. The third-order valence-electron chi connectivity index (χ3n) is 11.4. The van der Waals surface area contributed by atoms with Crippen molar-refractivity contribution in [2.45, 2.75) is 51.2 Å². The molecule has 4 aliphatic rings. The Morgan fingerprint density at radius 3 is 2.30 bits per heavy atom. The van der Waals surface area contributed by atoms with Gasteiger partial charge in [0.25, 0.3) is 11.8 Å². The van der Waals surface area contributed by atoms with Crippen molar-refractivity contribution in [3.05, 3.63) is 88.2 Å². The number of halogens is 4. The van der Waals surface area contributed by atoms with Gasteiger partial charge < -0.3 is 14.5 Å². The van der Waals surface area contributed by atoms with E-state index in [1.807, 2.05) is 0 Å². The second-order valence-corrected chi connectivity index (χ2v) is 15.8. The maximum absolute atomic E-state index is 15.7. The highest BCUT2D eigenvalue weighted by Gasteiger charge is 2.51. The summed E-state index contributed by atoms with van der Waals surface area (Å²) < 4.78 is 62.7. The molecule has 3 fully saturated rings. The first-order valence-corrected chi connectivity index (χ1v) is 19.6. The van der Waals surface area contributed by atoms with Crippen molar-refractivity contribution in [2.24, 2.45) is 11.8 Å². The number of unbranched alkanes of at least 4 members (excludes halogenated alkanes) is 1. The van der Waals surface area contributed by atoms with Crippen LogP contribution in [0.1, 0.15) is 81.7 Å². The number of piperazine rings is 1. The predicted octanol–water partition coefficient (Wildman–Crippen LogP) is 5.30. The molecule has 0 saturated carbocycles. The van der Waals surface area contributed by atoms with E-state index in [9.17, 15) is 47.2 Å². The minimum Gasteiger partial charge on any atom is -0.494 e. The van der Waals surface area contributed by atoms with Gasteiger partial charge in [-0.25, -0.2) is 4.39 Å². The number of Topliss-reactive ketones (excluding diaryl/α,β-unsaturated/α-hetero) is 2. The van der Waals surface area contributed by atoms with E-state index in [2.05, 4.69) is 10.2 Å². The molecule has 3 heterocycles. The molecule has 0 bridgehead atoms. The molecule has 18 heteroatoms. The van der Waals surface area contributed by atoms with Gasteiger partial charge in [-0.05, 0) is 106 Å². The lowest BCUT2D eigenvalue weighted by Gasteiger charge is -2.35. The van der Waals surface area contributed by atoms with Gasteiger partial charge in [-0.15, -0.1) is 0 Å². The molecular weight excluding hydrogens is 809 g/mol. The number of fused-ring (bicyclic) bond motifs is 1. The predicted molar refractivity (Wildman–Crippen MR) is 211 cm³/mol. The molecule has 2 atom stereocenters. The van der Waals surface area contributed by atoms with Gasteiger partial charge in [0.05, 0.1) is 46.9 Å². The summed E-state index contributed by atoms with van der Waals surface area (Å²) in [5, 5.41) is 11.2. The van der Waals surface area contributed by atoms with Crippen molar-refractivity contribution in [1.29, 1.82) is 5.26 Å². The quantitative estimate of drug-likeness (QED) is 0.0928. The number of thiocarbonyl (C=S) groups is 1. The highest BCUT2D eigenvalue weighted by atomic mass is 32.1. The summed E-state index contributed by atoms with van der Waals surface area (Å²) in [6, 6.07) is 12.8. The van der Waals surface area contributed by atoms with Gasteiger partial charge in [-0.3, -0.25) is 43.9 Å². The van der Waals surface area contributed by atoms with Gasteiger partial charge in [0.2, 0.25) is 11.8 Å². The number of carbonyl (C=O) groups is 6. The van der Waals surface area contributed by atoms with Crippen LogP contribution >= 0.6 is 12.2 Å². The number of nitriles is 1. The molecule has 7 rings (SSSR count). The summed E-state index contributed by atoms with van der Waals surface area (Å²) in [5.74, 6) is -5.61. The summed E-state index contributed by atoms with van der Waals surface area (Å²) >= 11 is 5.55. The van der Waals surface area contributed by atoms with Gasteiger partial charge in [-0.2, -0.15) is 18.4 Å². The fourth-order valence-electron chi connectivity index (χ4n) is 8.13. The van der Waals surface area contributed by atoms with E-state index < -0.39 is 75.7 Å². The number of hydrogen-bond acceptors (Lipinski definition) is 10. The number of nitrogens with one attached hydrogen (secondary N) is 1. The highest BCUT2D eigenvalue weighted by molar-refractivity contribution is 7.81. The van der Waals surface area contributed by atoms with Crippen LogP contribution in [-0.4, -0.2) is 95.0 Å². The monoisotopic (exact) mass is 846 g/mol. The number of piperidine rings is 1. The van der Waals surface area contributed by atoms with Gasteiger partial charge in [-0.1, -0.05) is 0 Å². The molecule has 4 amide bonds. The molecular formula is C42H38F4N6O7S. The van der Waals surface area contributed by atoms with E-state index in [1.165, 1.54) is 55.1 Å². The number of nitrogens with zero attached hydrogens (tertiary/aromatic N) is 5. The van der Waals surface area contributed by atoms with E-state index in [4.69, 9.17) is 17.0 Å². The SMILES string of the molecule is CC1(C)C(=O)N(c2ccc(C#N)c(C(F)(F)F)c2)C(=S)N1c1ccc(C(=O)N2CCN(CCCCOc3ccc4c(c3)C(=O)C(C3CCC(=O)NC3=O)C4=O)CC2)c(F)c1. The number of ether oxygens (including phenoxy) is 1. The van der Waals surface area contributed by atoms with Crippen molar-refractivity contribution in [3.8, 4) is 11.8 Å². The smallest absolute Gasteiger partial charge is 0.417 e. The van der Waals surface area contributed by atoms with Crippen LogP contribution in [0.4, 0.5) is 28.9 Å². The molecule has 3 saturated heterocycles. The Bertz CT molecular complexity index is 2390. The van der Waals surface area contributed by atoms with Crippen LogP contribution in [0.15, 0.2) is 54.6 Å². The Balaban J connectivity index is 0.896. The third kappa shape index (κ3) is 7.74. The number of carbonyl (C=O) groups excluding carboxylic acids is 6. The number of rotatable bonds is 10. The molecule has 1 N–H and O–H groups in total. The number of hydrogen-bond donors (Lipinski definition) is 1. The van der Waals surface area contributed by atoms with Crippen LogP contribution in [0.5, 0.6) is 5.75 Å². The Labute approximate surface area is 346 Å². The maximum Gasteiger partial charge on any atom is 0.417 e. The Kier molecular flexibility index (Phi) is 11.3. The summed E-state index contributed by atoms with van der Waals surface area (Å²) in [6.45, 7) is 5.80. The summed E-state index contributed by atoms with van der Waals surface area (Å²) in [4.78, 5) is 83.0. The lowest BCUT2D eigenvalue weighted by atomic mass is 9.82. The summed E-state index contributed by atoms with van der Waals surface area (Å²) in [6.07, 6.45) is -3.24. The normalized spacial score (nSPS) is 20.7. The van der Waals surface area contributed by atoms with Crippen molar-refractivity contribution < 1.29 is 51.1 Å². The average molecular weight is 847 g/mol. The number of amides is 4. The lowest BCUT2D eigenvalue weighted by molar-refractivity contribution is -0.138. The molecule has 60 heavy (non-hydrogen) atoms. The minimum absolute atomic E-state index is 0.0666. The molecule has 13 nitrogen and oxygen atoms in total. The number of anilines is 2. The lowest BCUT2D eigenvalue weighted by Crippen LogP contribution is -2.49. The number of alkyl halides is 3.